The van der Waals surface area contributed by atoms with Gasteiger partial charge >= 0.3 is 6.03 Å². The molecule has 7 nitrogen and oxygen atoms in total. The summed E-state index contributed by atoms with van der Waals surface area (Å²) in [6.07, 6.45) is 2.97. The van der Waals surface area contributed by atoms with E-state index in [4.69, 9.17) is 9.25 Å². The SMILES string of the molecule is O=C1N2CC(CCC2c2nnco2)N1OCc1ccccc1. The van der Waals surface area contributed by atoms with E-state index < -0.39 is 0 Å². The molecule has 22 heavy (non-hydrogen) atoms. The van der Waals surface area contributed by atoms with Crippen molar-refractivity contribution in [2.24, 2.45) is 0 Å². The third kappa shape index (κ3) is 2.23. The second kappa shape index (κ2) is 5.42. The van der Waals surface area contributed by atoms with E-state index in [2.05, 4.69) is 10.2 Å². The van der Waals surface area contributed by atoms with Gasteiger partial charge in [-0.1, -0.05) is 30.3 Å². The molecule has 2 atom stereocenters. The molecular formula is C15H16N4O3. The van der Waals surface area contributed by atoms with Crippen LogP contribution in [-0.2, 0) is 11.4 Å². The van der Waals surface area contributed by atoms with Crippen LogP contribution in [0.25, 0.3) is 0 Å². The van der Waals surface area contributed by atoms with Crippen molar-refractivity contribution < 1.29 is 14.0 Å². The van der Waals surface area contributed by atoms with Crippen LogP contribution in [-0.4, -0.2) is 38.8 Å². The molecule has 2 saturated heterocycles. The summed E-state index contributed by atoms with van der Waals surface area (Å²) in [6.45, 7) is 1.03. The van der Waals surface area contributed by atoms with Gasteiger partial charge in [-0.05, 0) is 18.4 Å². The summed E-state index contributed by atoms with van der Waals surface area (Å²) in [5, 5.41) is 9.14. The van der Waals surface area contributed by atoms with Gasteiger partial charge in [0.25, 0.3) is 0 Å². The van der Waals surface area contributed by atoms with Gasteiger partial charge in [-0.2, -0.15) is 5.06 Å². The molecule has 0 aliphatic carbocycles. The van der Waals surface area contributed by atoms with E-state index in [9.17, 15) is 4.79 Å². The Hall–Kier alpha value is -2.41. The van der Waals surface area contributed by atoms with Gasteiger partial charge in [0.15, 0.2) is 0 Å². The maximum absolute atomic E-state index is 12.6. The molecular weight excluding hydrogens is 284 g/mol. The lowest BCUT2D eigenvalue weighted by Gasteiger charge is -2.27. The Bertz CT molecular complexity index is 646. The number of hydrogen-bond acceptors (Lipinski definition) is 5. The first kappa shape index (κ1) is 13.3. The summed E-state index contributed by atoms with van der Waals surface area (Å²) in [6, 6.07) is 9.66. The third-order valence-corrected chi connectivity index (χ3v) is 4.20. The minimum atomic E-state index is -0.142. The number of benzene rings is 1. The van der Waals surface area contributed by atoms with Gasteiger partial charge in [-0.15, -0.1) is 10.2 Å². The average Bonchev–Trinajstić information content (AvgIpc) is 3.17. The zero-order valence-electron chi connectivity index (χ0n) is 12.0. The smallest absolute Gasteiger partial charge is 0.345 e. The molecule has 2 aromatic rings. The maximum atomic E-state index is 12.6. The van der Waals surface area contributed by atoms with Gasteiger partial charge in [0.05, 0.1) is 6.04 Å². The molecule has 1 aromatic heterocycles. The first-order valence-corrected chi connectivity index (χ1v) is 7.35. The number of piperidine rings is 1. The predicted octanol–water partition coefficient (Wildman–Crippen LogP) is 2.14. The first-order valence-electron chi connectivity index (χ1n) is 7.35. The Kier molecular flexibility index (Phi) is 3.27. The van der Waals surface area contributed by atoms with Gasteiger partial charge in [0.1, 0.15) is 12.6 Å². The second-order valence-corrected chi connectivity index (χ2v) is 5.54. The number of amides is 2. The van der Waals surface area contributed by atoms with Gasteiger partial charge < -0.3 is 9.32 Å². The Morgan fingerprint density at radius 1 is 1.27 bits per heavy atom. The quantitative estimate of drug-likeness (QED) is 0.865. The van der Waals surface area contributed by atoms with Gasteiger partial charge in [0.2, 0.25) is 12.3 Å². The van der Waals surface area contributed by atoms with Crippen molar-refractivity contribution >= 4 is 6.03 Å². The van der Waals surface area contributed by atoms with Crippen molar-refractivity contribution in [3.8, 4) is 0 Å². The van der Waals surface area contributed by atoms with E-state index in [-0.39, 0.29) is 18.1 Å². The van der Waals surface area contributed by atoms with E-state index in [1.807, 2.05) is 30.3 Å². The zero-order valence-corrected chi connectivity index (χ0v) is 12.0. The molecule has 2 unspecified atom stereocenters. The molecule has 4 rings (SSSR count). The Morgan fingerprint density at radius 3 is 2.91 bits per heavy atom. The van der Waals surface area contributed by atoms with Gasteiger partial charge in [0, 0.05) is 6.54 Å². The van der Waals surface area contributed by atoms with E-state index in [0.717, 1.165) is 18.4 Å². The van der Waals surface area contributed by atoms with E-state index in [1.54, 1.807) is 4.90 Å². The largest absolute Gasteiger partial charge is 0.426 e. The lowest BCUT2D eigenvalue weighted by Crippen LogP contribution is -2.34. The van der Waals surface area contributed by atoms with E-state index in [1.165, 1.54) is 11.5 Å². The van der Waals surface area contributed by atoms with Crippen molar-refractivity contribution in [1.29, 1.82) is 0 Å². The minimum Gasteiger partial charge on any atom is -0.426 e. The topological polar surface area (TPSA) is 71.7 Å². The highest BCUT2D eigenvalue weighted by Gasteiger charge is 2.47. The molecule has 0 radical (unpaired) electrons. The number of hydrogen-bond donors (Lipinski definition) is 0. The number of hydroxylamine groups is 2. The number of carbonyl (C=O) groups is 1. The van der Waals surface area contributed by atoms with Crippen LogP contribution in [0.5, 0.6) is 0 Å². The van der Waals surface area contributed by atoms with Crippen LogP contribution in [0.4, 0.5) is 4.79 Å². The highest BCUT2D eigenvalue weighted by molar-refractivity contribution is 5.77. The van der Waals surface area contributed by atoms with Crippen molar-refractivity contribution in [3.63, 3.8) is 0 Å². The van der Waals surface area contributed by atoms with Crippen LogP contribution in [0.3, 0.4) is 0 Å². The minimum absolute atomic E-state index is 0.0929. The summed E-state index contributed by atoms with van der Waals surface area (Å²) in [7, 11) is 0. The Labute approximate surface area is 127 Å². The number of rotatable bonds is 4. The average molecular weight is 300 g/mol. The van der Waals surface area contributed by atoms with Crippen molar-refractivity contribution in [2.45, 2.75) is 31.5 Å². The van der Waals surface area contributed by atoms with Crippen LogP contribution >= 0.6 is 0 Å². The van der Waals surface area contributed by atoms with Gasteiger partial charge in [-0.3, -0.25) is 4.84 Å². The molecule has 2 amide bonds. The van der Waals surface area contributed by atoms with Crippen LogP contribution in [0, 0.1) is 0 Å². The number of aromatic nitrogens is 2. The van der Waals surface area contributed by atoms with Crippen molar-refractivity contribution in [3.05, 3.63) is 48.2 Å². The lowest BCUT2D eigenvalue weighted by molar-refractivity contribution is -0.140. The molecule has 0 N–H and O–H groups in total. The fourth-order valence-corrected chi connectivity index (χ4v) is 3.10. The molecule has 1 aromatic carbocycles. The lowest BCUT2D eigenvalue weighted by atomic mass is 10.0. The summed E-state index contributed by atoms with van der Waals surface area (Å²) >= 11 is 0. The monoisotopic (exact) mass is 300 g/mol. The molecule has 2 bridgehead atoms. The van der Waals surface area contributed by atoms with E-state index in [0.29, 0.717) is 19.0 Å². The summed E-state index contributed by atoms with van der Waals surface area (Å²) < 4.78 is 5.26. The second-order valence-electron chi connectivity index (χ2n) is 5.54. The molecule has 0 saturated carbocycles. The summed E-state index contributed by atoms with van der Waals surface area (Å²) in [4.78, 5) is 20.1. The number of carbonyl (C=O) groups excluding carboxylic acids is 1. The van der Waals surface area contributed by atoms with Crippen molar-refractivity contribution in [1.82, 2.24) is 20.2 Å². The standard InChI is InChI=1S/C15H16N4O3/c20-15-18-8-12(6-7-13(18)14-17-16-10-21-14)19(15)22-9-11-4-2-1-3-5-11/h1-5,10,12-13H,6-9H2. The number of nitrogens with zero attached hydrogens (tertiary/aromatic N) is 4. The number of urea groups is 1. The first-order chi connectivity index (χ1) is 10.8. The molecule has 2 fully saturated rings. The number of fused-ring (bicyclic) bond motifs is 2. The van der Waals surface area contributed by atoms with Gasteiger partial charge in [-0.25, -0.2) is 4.79 Å². The fourth-order valence-electron chi connectivity index (χ4n) is 3.10. The zero-order chi connectivity index (χ0) is 14.9. The summed E-state index contributed by atoms with van der Waals surface area (Å²) in [5.41, 5.74) is 1.04. The predicted molar refractivity (Wildman–Crippen MR) is 75.2 cm³/mol. The van der Waals surface area contributed by atoms with Crippen LogP contribution in [0.2, 0.25) is 0 Å². The molecule has 3 heterocycles. The normalized spacial score (nSPS) is 24.1. The highest BCUT2D eigenvalue weighted by Crippen LogP contribution is 2.37. The van der Waals surface area contributed by atoms with Crippen LogP contribution in [0.1, 0.15) is 30.3 Å². The Morgan fingerprint density at radius 2 is 2.14 bits per heavy atom. The molecule has 114 valence electrons. The third-order valence-electron chi connectivity index (χ3n) is 4.20. The van der Waals surface area contributed by atoms with E-state index >= 15 is 0 Å². The molecule has 7 heteroatoms. The maximum Gasteiger partial charge on any atom is 0.345 e. The summed E-state index contributed by atoms with van der Waals surface area (Å²) in [5.74, 6) is 0.497. The van der Waals surface area contributed by atoms with Crippen LogP contribution in [0.15, 0.2) is 41.1 Å². The Balaban J connectivity index is 1.46. The molecule has 2 aliphatic rings. The fraction of sp³-hybridized carbons (Fsp3) is 0.400. The molecule has 2 aliphatic heterocycles. The van der Waals surface area contributed by atoms with Crippen LogP contribution < -0.4 is 0 Å². The highest BCUT2D eigenvalue weighted by atomic mass is 16.7. The molecule has 0 spiro atoms. The van der Waals surface area contributed by atoms with Crippen molar-refractivity contribution in [2.75, 3.05) is 6.54 Å².